The average molecular weight is 379 g/mol. The SMILES string of the molecule is Cc1ccc(CNc2cc(Cl)cc(C(F)(F)F)c2)cc1Br. The van der Waals surface area contributed by atoms with Crippen LogP contribution in [0.2, 0.25) is 5.02 Å². The fourth-order valence-electron chi connectivity index (χ4n) is 1.81. The first-order valence-corrected chi connectivity index (χ1v) is 7.29. The third kappa shape index (κ3) is 4.38. The van der Waals surface area contributed by atoms with Crippen molar-refractivity contribution in [3.8, 4) is 0 Å². The number of aryl methyl sites for hydroxylation is 1. The van der Waals surface area contributed by atoms with E-state index in [2.05, 4.69) is 21.2 Å². The van der Waals surface area contributed by atoms with Gasteiger partial charge in [0.25, 0.3) is 0 Å². The summed E-state index contributed by atoms with van der Waals surface area (Å²) in [6, 6.07) is 9.23. The van der Waals surface area contributed by atoms with E-state index in [4.69, 9.17) is 11.6 Å². The Kier molecular flexibility index (Phi) is 4.84. The fraction of sp³-hybridized carbons (Fsp3) is 0.200. The largest absolute Gasteiger partial charge is 0.416 e. The Balaban J connectivity index is 2.16. The van der Waals surface area contributed by atoms with Gasteiger partial charge in [0.2, 0.25) is 0 Å². The van der Waals surface area contributed by atoms with Gasteiger partial charge in [-0.1, -0.05) is 39.7 Å². The van der Waals surface area contributed by atoms with Crippen molar-refractivity contribution in [2.75, 3.05) is 5.32 Å². The highest BCUT2D eigenvalue weighted by molar-refractivity contribution is 9.10. The highest BCUT2D eigenvalue weighted by Gasteiger charge is 2.31. The molecule has 21 heavy (non-hydrogen) atoms. The molecule has 2 aromatic rings. The van der Waals surface area contributed by atoms with Gasteiger partial charge in [0.05, 0.1) is 5.56 Å². The van der Waals surface area contributed by atoms with Crippen LogP contribution in [0.5, 0.6) is 0 Å². The number of halogens is 5. The van der Waals surface area contributed by atoms with E-state index in [9.17, 15) is 13.2 Å². The predicted octanol–water partition coefficient (Wildman–Crippen LogP) is 6.04. The van der Waals surface area contributed by atoms with Gasteiger partial charge in [0.15, 0.2) is 0 Å². The fourth-order valence-corrected chi connectivity index (χ4v) is 2.47. The monoisotopic (exact) mass is 377 g/mol. The van der Waals surface area contributed by atoms with Crippen molar-refractivity contribution in [3.05, 3.63) is 62.6 Å². The quantitative estimate of drug-likeness (QED) is 0.686. The Hall–Kier alpha value is -1.20. The maximum absolute atomic E-state index is 12.7. The summed E-state index contributed by atoms with van der Waals surface area (Å²) < 4.78 is 39.1. The molecule has 2 rings (SSSR count). The summed E-state index contributed by atoms with van der Waals surface area (Å²) in [4.78, 5) is 0. The minimum atomic E-state index is -4.41. The summed E-state index contributed by atoms with van der Waals surface area (Å²) in [5, 5.41) is 3.01. The lowest BCUT2D eigenvalue weighted by Crippen LogP contribution is -2.07. The Labute approximate surface area is 134 Å². The molecule has 0 bridgehead atoms. The second-order valence-electron chi connectivity index (χ2n) is 4.66. The smallest absolute Gasteiger partial charge is 0.381 e. The lowest BCUT2D eigenvalue weighted by molar-refractivity contribution is -0.137. The standard InChI is InChI=1S/C15H12BrClF3N/c1-9-2-3-10(4-14(9)16)8-21-13-6-11(15(18,19)20)5-12(17)7-13/h2-7,21H,8H2,1H3. The van der Waals surface area contributed by atoms with Crippen molar-refractivity contribution in [3.63, 3.8) is 0 Å². The van der Waals surface area contributed by atoms with Gasteiger partial charge in [-0.25, -0.2) is 0 Å². The molecule has 112 valence electrons. The number of alkyl halides is 3. The minimum absolute atomic E-state index is 0.0532. The Bertz CT molecular complexity index is 656. The number of anilines is 1. The zero-order valence-corrected chi connectivity index (χ0v) is 13.4. The Morgan fingerprint density at radius 1 is 1.14 bits per heavy atom. The highest BCUT2D eigenvalue weighted by Crippen LogP contribution is 2.33. The van der Waals surface area contributed by atoms with Crippen LogP contribution in [0.3, 0.4) is 0 Å². The van der Waals surface area contributed by atoms with Crippen molar-refractivity contribution >= 4 is 33.2 Å². The van der Waals surface area contributed by atoms with E-state index in [-0.39, 0.29) is 5.02 Å². The van der Waals surface area contributed by atoms with Gasteiger partial charge in [0.1, 0.15) is 0 Å². The molecule has 0 aliphatic rings. The zero-order chi connectivity index (χ0) is 15.6. The Morgan fingerprint density at radius 2 is 1.86 bits per heavy atom. The van der Waals surface area contributed by atoms with Gasteiger partial charge >= 0.3 is 6.18 Å². The van der Waals surface area contributed by atoms with Crippen LogP contribution in [0.4, 0.5) is 18.9 Å². The molecule has 2 aromatic carbocycles. The van der Waals surface area contributed by atoms with Crippen LogP contribution < -0.4 is 5.32 Å². The summed E-state index contributed by atoms with van der Waals surface area (Å²) in [6.07, 6.45) is -4.41. The van der Waals surface area contributed by atoms with E-state index in [1.807, 2.05) is 25.1 Å². The van der Waals surface area contributed by atoms with E-state index in [1.54, 1.807) is 0 Å². The first-order valence-electron chi connectivity index (χ1n) is 6.12. The molecule has 6 heteroatoms. The molecule has 0 atom stereocenters. The summed E-state index contributed by atoms with van der Waals surface area (Å²) >= 11 is 9.16. The molecule has 0 aliphatic carbocycles. The maximum Gasteiger partial charge on any atom is 0.416 e. The van der Waals surface area contributed by atoms with Crippen LogP contribution in [-0.4, -0.2) is 0 Å². The van der Waals surface area contributed by atoms with Crippen LogP contribution in [0.15, 0.2) is 40.9 Å². The van der Waals surface area contributed by atoms with E-state index in [0.717, 1.165) is 27.7 Å². The van der Waals surface area contributed by atoms with E-state index >= 15 is 0 Å². The minimum Gasteiger partial charge on any atom is -0.381 e. The van der Waals surface area contributed by atoms with Gasteiger partial charge < -0.3 is 5.32 Å². The highest BCUT2D eigenvalue weighted by atomic mass is 79.9. The van der Waals surface area contributed by atoms with E-state index in [1.165, 1.54) is 6.07 Å². The number of rotatable bonds is 3. The van der Waals surface area contributed by atoms with Crippen LogP contribution in [-0.2, 0) is 12.7 Å². The second-order valence-corrected chi connectivity index (χ2v) is 5.95. The van der Waals surface area contributed by atoms with Crippen molar-refractivity contribution < 1.29 is 13.2 Å². The number of hydrogen-bond donors (Lipinski definition) is 1. The van der Waals surface area contributed by atoms with Crippen LogP contribution in [0.1, 0.15) is 16.7 Å². The first kappa shape index (κ1) is 16.2. The van der Waals surface area contributed by atoms with Gasteiger partial charge in [-0.2, -0.15) is 13.2 Å². The lowest BCUT2D eigenvalue weighted by Gasteiger charge is -2.12. The lowest BCUT2D eigenvalue weighted by atomic mass is 10.1. The maximum atomic E-state index is 12.7. The molecular weight excluding hydrogens is 367 g/mol. The number of nitrogens with one attached hydrogen (secondary N) is 1. The van der Waals surface area contributed by atoms with Gasteiger partial charge in [0, 0.05) is 21.7 Å². The first-order chi connectivity index (χ1) is 9.75. The Morgan fingerprint density at radius 3 is 2.48 bits per heavy atom. The molecule has 0 amide bonds. The van der Waals surface area contributed by atoms with Crippen LogP contribution in [0, 0.1) is 6.92 Å². The molecular formula is C15H12BrClF3N. The summed E-state index contributed by atoms with van der Waals surface area (Å²) in [6.45, 7) is 2.38. The molecule has 0 heterocycles. The third-order valence-corrected chi connectivity index (χ3v) is 4.03. The van der Waals surface area contributed by atoms with Crippen LogP contribution >= 0.6 is 27.5 Å². The third-order valence-electron chi connectivity index (χ3n) is 2.96. The summed E-state index contributed by atoms with van der Waals surface area (Å²) in [5.41, 5.74) is 1.64. The van der Waals surface area contributed by atoms with Crippen LogP contribution in [0.25, 0.3) is 0 Å². The van der Waals surface area contributed by atoms with Crippen molar-refractivity contribution in [1.29, 1.82) is 0 Å². The average Bonchev–Trinajstić information content (AvgIpc) is 2.38. The van der Waals surface area contributed by atoms with Gasteiger partial charge in [-0.3, -0.25) is 0 Å². The van der Waals surface area contributed by atoms with Crippen molar-refractivity contribution in [2.24, 2.45) is 0 Å². The molecule has 0 spiro atoms. The normalized spacial score (nSPS) is 11.5. The molecule has 1 N–H and O–H groups in total. The molecule has 0 fully saturated rings. The van der Waals surface area contributed by atoms with Gasteiger partial charge in [-0.05, 0) is 42.3 Å². The summed E-state index contributed by atoms with van der Waals surface area (Å²) in [7, 11) is 0. The number of hydrogen-bond acceptors (Lipinski definition) is 1. The van der Waals surface area contributed by atoms with E-state index < -0.39 is 11.7 Å². The molecule has 0 aromatic heterocycles. The molecule has 0 saturated heterocycles. The van der Waals surface area contributed by atoms with Crippen molar-refractivity contribution in [2.45, 2.75) is 19.6 Å². The topological polar surface area (TPSA) is 12.0 Å². The summed E-state index contributed by atoms with van der Waals surface area (Å²) in [5.74, 6) is 0. The van der Waals surface area contributed by atoms with Crippen molar-refractivity contribution in [1.82, 2.24) is 0 Å². The predicted molar refractivity (Wildman–Crippen MR) is 82.7 cm³/mol. The molecule has 0 saturated carbocycles. The molecule has 1 nitrogen and oxygen atoms in total. The molecule has 0 radical (unpaired) electrons. The zero-order valence-electron chi connectivity index (χ0n) is 11.1. The molecule has 0 unspecified atom stereocenters. The van der Waals surface area contributed by atoms with E-state index in [0.29, 0.717) is 12.2 Å². The molecule has 0 aliphatic heterocycles. The number of benzene rings is 2. The second kappa shape index (κ2) is 6.28. The van der Waals surface area contributed by atoms with Gasteiger partial charge in [-0.15, -0.1) is 0 Å².